The lowest BCUT2D eigenvalue weighted by molar-refractivity contribution is -0.130. The lowest BCUT2D eigenvalue weighted by atomic mass is 9.97. The maximum absolute atomic E-state index is 12.6. The standard InChI is InChI=1S/C23H24N2O4/c1-29-23(28)18-12-9-17(10-13-18)11-14-21(26)25-15-5-6-19(16-25)22(27)24-20-7-3-2-4-8-20/h2-4,7-14,19H,5-6,15-16H2,1H3,(H,24,27). The largest absolute Gasteiger partial charge is 0.465 e. The molecule has 1 aliphatic rings. The minimum absolute atomic E-state index is 0.0592. The first-order valence-electron chi connectivity index (χ1n) is 9.58. The first-order valence-corrected chi connectivity index (χ1v) is 9.58. The van der Waals surface area contributed by atoms with Crippen LogP contribution < -0.4 is 5.32 Å². The van der Waals surface area contributed by atoms with Gasteiger partial charge in [0.25, 0.3) is 0 Å². The topological polar surface area (TPSA) is 75.7 Å². The van der Waals surface area contributed by atoms with Crippen molar-refractivity contribution in [3.8, 4) is 0 Å². The van der Waals surface area contributed by atoms with Gasteiger partial charge in [0.05, 0.1) is 18.6 Å². The Balaban J connectivity index is 1.57. The van der Waals surface area contributed by atoms with Gasteiger partial charge in [-0.15, -0.1) is 0 Å². The number of nitrogens with zero attached hydrogens (tertiary/aromatic N) is 1. The quantitative estimate of drug-likeness (QED) is 0.625. The van der Waals surface area contributed by atoms with E-state index in [0.717, 1.165) is 24.1 Å². The summed E-state index contributed by atoms with van der Waals surface area (Å²) >= 11 is 0. The average molecular weight is 392 g/mol. The third-order valence-corrected chi connectivity index (χ3v) is 4.90. The molecule has 1 saturated heterocycles. The van der Waals surface area contributed by atoms with E-state index >= 15 is 0 Å². The monoisotopic (exact) mass is 392 g/mol. The number of hydrogen-bond donors (Lipinski definition) is 1. The number of ether oxygens (including phenoxy) is 1. The molecule has 29 heavy (non-hydrogen) atoms. The van der Waals surface area contributed by atoms with Gasteiger partial charge in [0.2, 0.25) is 11.8 Å². The predicted molar refractivity (Wildman–Crippen MR) is 111 cm³/mol. The molecule has 150 valence electrons. The fraction of sp³-hybridized carbons (Fsp3) is 0.261. The fourth-order valence-corrected chi connectivity index (χ4v) is 3.28. The summed E-state index contributed by atoms with van der Waals surface area (Å²) < 4.78 is 4.67. The van der Waals surface area contributed by atoms with E-state index in [2.05, 4.69) is 10.1 Å². The van der Waals surface area contributed by atoms with Gasteiger partial charge in [-0.05, 0) is 48.7 Å². The molecule has 0 bridgehead atoms. The van der Waals surface area contributed by atoms with Gasteiger partial charge in [-0.25, -0.2) is 4.79 Å². The zero-order valence-electron chi connectivity index (χ0n) is 16.3. The highest BCUT2D eigenvalue weighted by Crippen LogP contribution is 2.19. The van der Waals surface area contributed by atoms with Gasteiger partial charge in [0, 0.05) is 24.9 Å². The second-order valence-electron chi connectivity index (χ2n) is 6.93. The molecular formula is C23H24N2O4. The van der Waals surface area contributed by atoms with Gasteiger partial charge < -0.3 is 15.0 Å². The summed E-state index contributed by atoms with van der Waals surface area (Å²) in [6.45, 7) is 1.04. The molecule has 1 N–H and O–H groups in total. The van der Waals surface area contributed by atoms with E-state index in [9.17, 15) is 14.4 Å². The molecule has 0 spiro atoms. The molecule has 1 atom stereocenters. The number of esters is 1. The number of nitrogens with one attached hydrogen (secondary N) is 1. The number of carbonyl (C=O) groups is 3. The van der Waals surface area contributed by atoms with Crippen LogP contribution in [0.15, 0.2) is 60.7 Å². The molecule has 6 heteroatoms. The summed E-state index contributed by atoms with van der Waals surface area (Å²) in [5.74, 6) is -0.805. The number of methoxy groups -OCH3 is 1. The van der Waals surface area contributed by atoms with E-state index in [1.165, 1.54) is 13.2 Å². The first-order chi connectivity index (χ1) is 14.1. The molecule has 1 heterocycles. The smallest absolute Gasteiger partial charge is 0.337 e. The highest BCUT2D eigenvalue weighted by molar-refractivity contribution is 5.95. The highest BCUT2D eigenvalue weighted by atomic mass is 16.5. The number of hydrogen-bond acceptors (Lipinski definition) is 4. The van der Waals surface area contributed by atoms with E-state index in [1.807, 2.05) is 30.3 Å². The second-order valence-corrected chi connectivity index (χ2v) is 6.93. The van der Waals surface area contributed by atoms with Crippen molar-refractivity contribution < 1.29 is 19.1 Å². The van der Waals surface area contributed by atoms with E-state index in [0.29, 0.717) is 18.7 Å². The average Bonchev–Trinajstić information content (AvgIpc) is 2.78. The maximum atomic E-state index is 12.6. The Labute approximate surface area is 170 Å². The number of anilines is 1. The van der Waals surface area contributed by atoms with Crippen LogP contribution in [-0.2, 0) is 14.3 Å². The molecule has 1 fully saturated rings. The van der Waals surface area contributed by atoms with Crippen LogP contribution in [0.5, 0.6) is 0 Å². The summed E-state index contributed by atoms with van der Waals surface area (Å²) in [7, 11) is 1.33. The Morgan fingerprint density at radius 3 is 2.48 bits per heavy atom. The van der Waals surface area contributed by atoms with Crippen LogP contribution in [0.25, 0.3) is 6.08 Å². The third kappa shape index (κ3) is 5.54. The molecule has 0 aliphatic carbocycles. The van der Waals surface area contributed by atoms with Crippen molar-refractivity contribution in [3.05, 3.63) is 71.8 Å². The fourth-order valence-electron chi connectivity index (χ4n) is 3.28. The van der Waals surface area contributed by atoms with E-state index in [-0.39, 0.29) is 17.7 Å². The van der Waals surface area contributed by atoms with E-state index in [4.69, 9.17) is 0 Å². The van der Waals surface area contributed by atoms with Gasteiger partial charge in [-0.3, -0.25) is 9.59 Å². The van der Waals surface area contributed by atoms with Gasteiger partial charge in [0.15, 0.2) is 0 Å². The van der Waals surface area contributed by atoms with Crippen molar-refractivity contribution in [2.45, 2.75) is 12.8 Å². The predicted octanol–water partition coefficient (Wildman–Crippen LogP) is 3.36. The summed E-state index contributed by atoms with van der Waals surface area (Å²) in [5.41, 5.74) is 2.02. The number of likely N-dealkylation sites (tertiary alicyclic amines) is 1. The molecule has 6 nitrogen and oxygen atoms in total. The van der Waals surface area contributed by atoms with Crippen LogP contribution in [0.3, 0.4) is 0 Å². The van der Waals surface area contributed by atoms with Crippen LogP contribution in [0.1, 0.15) is 28.8 Å². The highest BCUT2D eigenvalue weighted by Gasteiger charge is 2.27. The SMILES string of the molecule is COC(=O)c1ccc(C=CC(=O)N2CCCC(C(=O)Nc3ccccc3)C2)cc1. The van der Waals surface area contributed by atoms with Crippen molar-refractivity contribution in [1.29, 1.82) is 0 Å². The van der Waals surface area contributed by atoms with Gasteiger partial charge in [0.1, 0.15) is 0 Å². The number of para-hydroxylation sites is 1. The van der Waals surface area contributed by atoms with E-state index in [1.54, 1.807) is 35.2 Å². The molecule has 0 aromatic heterocycles. The molecule has 0 saturated carbocycles. The summed E-state index contributed by atoms with van der Waals surface area (Å²) in [4.78, 5) is 38.2. The molecular weight excluding hydrogens is 368 g/mol. The number of benzene rings is 2. The molecule has 1 unspecified atom stereocenters. The normalized spacial score (nSPS) is 16.4. The van der Waals surface area contributed by atoms with Gasteiger partial charge >= 0.3 is 5.97 Å². The Kier molecular flexibility index (Phi) is 6.79. The molecule has 2 amide bonds. The van der Waals surface area contributed by atoms with Gasteiger partial charge in [-0.1, -0.05) is 30.3 Å². The number of amides is 2. The molecule has 3 rings (SSSR count). The maximum Gasteiger partial charge on any atom is 0.337 e. The molecule has 1 aliphatic heterocycles. The van der Waals surface area contributed by atoms with Crippen molar-refractivity contribution in [2.75, 3.05) is 25.5 Å². The molecule has 2 aromatic carbocycles. The van der Waals surface area contributed by atoms with E-state index < -0.39 is 5.97 Å². The van der Waals surface area contributed by atoms with Crippen molar-refractivity contribution in [2.24, 2.45) is 5.92 Å². The van der Waals surface area contributed by atoms with Crippen molar-refractivity contribution >= 4 is 29.5 Å². The number of piperidine rings is 1. The van der Waals surface area contributed by atoms with Gasteiger partial charge in [-0.2, -0.15) is 0 Å². The lowest BCUT2D eigenvalue weighted by Crippen LogP contribution is -2.43. The second kappa shape index (κ2) is 9.68. The Morgan fingerprint density at radius 2 is 1.79 bits per heavy atom. The zero-order valence-corrected chi connectivity index (χ0v) is 16.3. The van der Waals surface area contributed by atoms with Crippen LogP contribution in [0.4, 0.5) is 5.69 Å². The number of rotatable bonds is 5. The minimum Gasteiger partial charge on any atom is -0.465 e. The summed E-state index contributed by atoms with van der Waals surface area (Å²) in [5, 5.41) is 2.92. The number of carbonyl (C=O) groups excluding carboxylic acids is 3. The zero-order chi connectivity index (χ0) is 20.6. The Hall–Kier alpha value is -3.41. The summed E-state index contributed by atoms with van der Waals surface area (Å²) in [6, 6.07) is 16.1. The van der Waals surface area contributed by atoms with Crippen molar-refractivity contribution in [1.82, 2.24) is 4.90 Å². The third-order valence-electron chi connectivity index (χ3n) is 4.90. The van der Waals surface area contributed by atoms with Crippen LogP contribution >= 0.6 is 0 Å². The minimum atomic E-state index is -0.398. The molecule has 0 radical (unpaired) electrons. The Bertz CT molecular complexity index is 891. The van der Waals surface area contributed by atoms with Crippen LogP contribution in [0, 0.1) is 5.92 Å². The first kappa shape index (κ1) is 20.3. The van der Waals surface area contributed by atoms with Crippen molar-refractivity contribution in [3.63, 3.8) is 0 Å². The van der Waals surface area contributed by atoms with Crippen LogP contribution in [0.2, 0.25) is 0 Å². The summed E-state index contributed by atoms with van der Waals surface area (Å²) in [6.07, 6.45) is 4.77. The Morgan fingerprint density at radius 1 is 1.07 bits per heavy atom. The van der Waals surface area contributed by atoms with Crippen LogP contribution in [-0.4, -0.2) is 42.9 Å². The molecule has 2 aromatic rings. The lowest BCUT2D eigenvalue weighted by Gasteiger charge is -2.31.